The number of hydrogen-bond acceptors (Lipinski definition) is 2. The fourth-order valence-electron chi connectivity index (χ4n) is 1.83. The molecule has 2 rings (SSSR count). The summed E-state index contributed by atoms with van der Waals surface area (Å²) in [6, 6.07) is 2.01. The van der Waals surface area contributed by atoms with E-state index in [-0.39, 0.29) is 5.41 Å². The topological polar surface area (TPSA) is 26.0 Å². The molecule has 0 saturated heterocycles. The predicted octanol–water partition coefficient (Wildman–Crippen LogP) is 3.69. The Balaban J connectivity index is 2.74. The van der Waals surface area contributed by atoms with Crippen LogP contribution in [0.4, 0.5) is 0 Å². The Morgan fingerprint density at radius 1 is 1.33 bits per heavy atom. The van der Waals surface area contributed by atoms with Crippen LogP contribution in [-0.2, 0) is 11.8 Å². The zero-order valence-electron chi connectivity index (χ0n) is 9.79. The zero-order valence-corrected chi connectivity index (χ0v) is 9.79. The van der Waals surface area contributed by atoms with Gasteiger partial charge in [-0.3, -0.25) is 4.98 Å². The summed E-state index contributed by atoms with van der Waals surface area (Å²) >= 11 is 0. The summed E-state index contributed by atoms with van der Waals surface area (Å²) in [5.41, 5.74) is 3.37. The summed E-state index contributed by atoms with van der Waals surface area (Å²) in [6.07, 6.45) is 4.64. The van der Waals surface area contributed by atoms with Crippen molar-refractivity contribution in [1.29, 1.82) is 0 Å². The third-order valence-corrected chi connectivity index (χ3v) is 2.71. The molecule has 2 aromatic heterocycles. The van der Waals surface area contributed by atoms with Crippen molar-refractivity contribution >= 4 is 11.0 Å². The molecular weight excluding hydrogens is 186 g/mol. The maximum absolute atomic E-state index is 5.58. The van der Waals surface area contributed by atoms with Gasteiger partial charge in [0.15, 0.2) is 0 Å². The molecule has 0 bridgehead atoms. The van der Waals surface area contributed by atoms with Crippen molar-refractivity contribution < 1.29 is 4.42 Å². The molecule has 0 saturated carbocycles. The molecule has 0 fully saturated rings. The number of aryl methyl sites for hydroxylation is 1. The second-order valence-corrected chi connectivity index (χ2v) is 4.89. The molecule has 2 heterocycles. The summed E-state index contributed by atoms with van der Waals surface area (Å²) in [5.74, 6) is 0. The smallest absolute Gasteiger partial charge is 0.140 e. The van der Waals surface area contributed by atoms with Gasteiger partial charge in [0.25, 0.3) is 0 Å². The minimum absolute atomic E-state index is 0.0787. The van der Waals surface area contributed by atoms with Gasteiger partial charge < -0.3 is 4.42 Å². The van der Waals surface area contributed by atoms with Crippen LogP contribution in [0, 0.1) is 0 Å². The molecule has 80 valence electrons. The number of hydrogen-bond donors (Lipinski definition) is 0. The average molecular weight is 203 g/mol. The highest BCUT2D eigenvalue weighted by molar-refractivity contribution is 5.83. The third-order valence-electron chi connectivity index (χ3n) is 2.71. The van der Waals surface area contributed by atoms with E-state index in [2.05, 4.69) is 32.7 Å². The van der Waals surface area contributed by atoms with E-state index in [1.807, 2.05) is 12.3 Å². The highest BCUT2D eigenvalue weighted by Crippen LogP contribution is 2.31. The molecule has 2 aromatic rings. The summed E-state index contributed by atoms with van der Waals surface area (Å²) in [7, 11) is 0. The number of furan rings is 1. The fourth-order valence-corrected chi connectivity index (χ4v) is 1.83. The molecule has 0 amide bonds. The van der Waals surface area contributed by atoms with Crippen LogP contribution in [-0.4, -0.2) is 4.98 Å². The van der Waals surface area contributed by atoms with Gasteiger partial charge in [0.2, 0.25) is 0 Å². The second kappa shape index (κ2) is 3.37. The van der Waals surface area contributed by atoms with E-state index < -0.39 is 0 Å². The maximum Gasteiger partial charge on any atom is 0.140 e. The fraction of sp³-hybridized carbons (Fsp3) is 0.462. The standard InChI is InChI=1S/C13H17NO/c1-5-11-9-6-7-15-12(9)10(8-14-11)13(2,3)4/h6-8H,5H2,1-4H3. The molecule has 0 unspecified atom stereocenters. The van der Waals surface area contributed by atoms with E-state index >= 15 is 0 Å². The number of nitrogens with zero attached hydrogens (tertiary/aromatic N) is 1. The predicted molar refractivity (Wildman–Crippen MR) is 62.1 cm³/mol. The Labute approximate surface area is 90.3 Å². The quantitative estimate of drug-likeness (QED) is 0.706. The lowest BCUT2D eigenvalue weighted by molar-refractivity contribution is 0.556. The van der Waals surface area contributed by atoms with Crippen molar-refractivity contribution in [3.05, 3.63) is 29.8 Å². The SMILES string of the molecule is CCc1ncc(C(C)(C)C)c2occc12. The van der Waals surface area contributed by atoms with Gasteiger partial charge in [0.1, 0.15) is 5.58 Å². The first-order chi connectivity index (χ1) is 7.04. The highest BCUT2D eigenvalue weighted by Gasteiger charge is 2.20. The van der Waals surface area contributed by atoms with Crippen LogP contribution in [0.15, 0.2) is 22.9 Å². The highest BCUT2D eigenvalue weighted by atomic mass is 16.3. The van der Waals surface area contributed by atoms with Gasteiger partial charge in [-0.1, -0.05) is 27.7 Å². The van der Waals surface area contributed by atoms with Crippen LogP contribution in [0.5, 0.6) is 0 Å². The third kappa shape index (κ3) is 1.65. The first-order valence-electron chi connectivity index (χ1n) is 5.39. The van der Waals surface area contributed by atoms with Crippen LogP contribution in [0.25, 0.3) is 11.0 Å². The molecule has 0 radical (unpaired) electrons. The van der Waals surface area contributed by atoms with Crippen LogP contribution >= 0.6 is 0 Å². The first kappa shape index (κ1) is 10.2. The van der Waals surface area contributed by atoms with E-state index in [0.717, 1.165) is 23.1 Å². The van der Waals surface area contributed by atoms with Gasteiger partial charge in [-0.2, -0.15) is 0 Å². The van der Waals surface area contributed by atoms with Crippen LogP contribution in [0.2, 0.25) is 0 Å². The van der Waals surface area contributed by atoms with Crippen molar-refractivity contribution in [2.24, 2.45) is 0 Å². The van der Waals surface area contributed by atoms with Crippen molar-refractivity contribution in [2.45, 2.75) is 39.5 Å². The lowest BCUT2D eigenvalue weighted by atomic mass is 9.87. The van der Waals surface area contributed by atoms with Crippen molar-refractivity contribution in [3.8, 4) is 0 Å². The number of rotatable bonds is 1. The molecule has 0 aliphatic rings. The summed E-state index contributed by atoms with van der Waals surface area (Å²) in [4.78, 5) is 4.50. The van der Waals surface area contributed by atoms with Crippen molar-refractivity contribution in [1.82, 2.24) is 4.98 Å². The molecule has 0 aliphatic heterocycles. The van der Waals surface area contributed by atoms with Gasteiger partial charge in [0, 0.05) is 17.1 Å². The minimum atomic E-state index is 0.0787. The zero-order chi connectivity index (χ0) is 11.1. The Morgan fingerprint density at radius 2 is 2.07 bits per heavy atom. The Morgan fingerprint density at radius 3 is 2.67 bits per heavy atom. The monoisotopic (exact) mass is 203 g/mol. The largest absolute Gasteiger partial charge is 0.464 e. The molecule has 0 atom stereocenters. The van der Waals surface area contributed by atoms with Crippen LogP contribution in [0.3, 0.4) is 0 Å². The van der Waals surface area contributed by atoms with Gasteiger partial charge >= 0.3 is 0 Å². The summed E-state index contributed by atoms with van der Waals surface area (Å²) < 4.78 is 5.58. The van der Waals surface area contributed by atoms with Crippen LogP contribution < -0.4 is 0 Å². The second-order valence-electron chi connectivity index (χ2n) is 4.89. The molecule has 0 aromatic carbocycles. The first-order valence-corrected chi connectivity index (χ1v) is 5.39. The number of aromatic nitrogens is 1. The Hall–Kier alpha value is -1.31. The molecule has 15 heavy (non-hydrogen) atoms. The molecule has 0 spiro atoms. The van der Waals surface area contributed by atoms with Gasteiger partial charge in [-0.25, -0.2) is 0 Å². The lowest BCUT2D eigenvalue weighted by Gasteiger charge is -2.19. The molecule has 0 aliphatic carbocycles. The number of fused-ring (bicyclic) bond motifs is 1. The Bertz CT molecular complexity index is 477. The molecule has 2 nitrogen and oxygen atoms in total. The van der Waals surface area contributed by atoms with Crippen LogP contribution in [0.1, 0.15) is 39.0 Å². The van der Waals surface area contributed by atoms with Gasteiger partial charge in [0.05, 0.1) is 12.0 Å². The Kier molecular flexibility index (Phi) is 2.29. The van der Waals surface area contributed by atoms with E-state index in [1.165, 1.54) is 5.56 Å². The normalized spacial score (nSPS) is 12.3. The average Bonchev–Trinajstić information content (AvgIpc) is 2.62. The lowest BCUT2D eigenvalue weighted by Crippen LogP contribution is -2.12. The summed E-state index contributed by atoms with van der Waals surface area (Å²) in [6.45, 7) is 8.65. The van der Waals surface area contributed by atoms with Gasteiger partial charge in [-0.15, -0.1) is 0 Å². The van der Waals surface area contributed by atoms with Crippen molar-refractivity contribution in [3.63, 3.8) is 0 Å². The molecule has 2 heteroatoms. The summed E-state index contributed by atoms with van der Waals surface area (Å²) in [5, 5.41) is 1.16. The van der Waals surface area contributed by atoms with E-state index in [4.69, 9.17) is 4.42 Å². The van der Waals surface area contributed by atoms with E-state index in [9.17, 15) is 0 Å². The van der Waals surface area contributed by atoms with Crippen molar-refractivity contribution in [2.75, 3.05) is 0 Å². The molecule has 0 N–H and O–H groups in total. The minimum Gasteiger partial charge on any atom is -0.464 e. The molecular formula is C13H17NO. The van der Waals surface area contributed by atoms with E-state index in [0.29, 0.717) is 0 Å². The maximum atomic E-state index is 5.58. The van der Waals surface area contributed by atoms with E-state index in [1.54, 1.807) is 6.26 Å². The van der Waals surface area contributed by atoms with Gasteiger partial charge in [-0.05, 0) is 17.9 Å². The number of pyridine rings is 1.